The third-order valence-electron chi connectivity index (χ3n) is 4.71. The third kappa shape index (κ3) is 4.54. The second kappa shape index (κ2) is 8.70. The molecule has 1 aliphatic heterocycles. The predicted octanol–water partition coefficient (Wildman–Crippen LogP) is 4.53. The van der Waals surface area contributed by atoms with Crippen LogP contribution in [0.15, 0.2) is 46.9 Å². The number of nitrogen functional groups attached to an aromatic ring is 1. The van der Waals surface area contributed by atoms with Gasteiger partial charge in [0, 0.05) is 11.0 Å². The molecule has 25 heavy (non-hydrogen) atoms. The van der Waals surface area contributed by atoms with E-state index in [1.807, 2.05) is 6.07 Å². The molecule has 0 unspecified atom stereocenters. The molecule has 1 heterocycles. The molecule has 1 fully saturated rings. The van der Waals surface area contributed by atoms with E-state index in [0.717, 1.165) is 42.5 Å². The van der Waals surface area contributed by atoms with Crippen LogP contribution in [0.4, 0.5) is 5.69 Å². The number of nitrogens with two attached hydrogens (primary N) is 1. The highest BCUT2D eigenvalue weighted by Crippen LogP contribution is 2.38. The maximum absolute atomic E-state index is 11.3. The number of aromatic carboxylic acids is 1. The Hall–Kier alpha value is -1.56. The molecule has 0 radical (unpaired) electrons. The van der Waals surface area contributed by atoms with E-state index in [1.165, 1.54) is 5.56 Å². The second-order valence-corrected chi connectivity index (χ2v) is 7.12. The first kappa shape index (κ1) is 19.8. The minimum atomic E-state index is -0.970. The fraction of sp³-hybridized carbons (Fsp3) is 0.316. The average molecular weight is 426 g/mol. The van der Waals surface area contributed by atoms with Crippen molar-refractivity contribution in [1.82, 2.24) is 4.90 Å². The smallest absolute Gasteiger partial charge is 0.337 e. The highest BCUT2D eigenvalue weighted by Gasteiger charge is 2.26. The Morgan fingerprint density at radius 3 is 2.40 bits per heavy atom. The lowest BCUT2D eigenvalue weighted by molar-refractivity contribution is 0.0698. The van der Waals surface area contributed by atoms with Crippen molar-refractivity contribution in [3.8, 4) is 0 Å². The fourth-order valence-electron chi connectivity index (χ4n) is 3.43. The van der Waals surface area contributed by atoms with E-state index in [4.69, 9.17) is 5.73 Å². The number of carbonyl (C=O) groups is 1. The van der Waals surface area contributed by atoms with Crippen LogP contribution in [0.5, 0.6) is 0 Å². The third-order valence-corrected chi connectivity index (χ3v) is 5.40. The van der Waals surface area contributed by atoms with Gasteiger partial charge >= 0.3 is 5.97 Å². The Bertz CT molecular complexity index is 732. The number of nitrogens with zero attached hydrogens (tertiary/aromatic N) is 1. The van der Waals surface area contributed by atoms with Gasteiger partial charge in [-0.3, -0.25) is 4.90 Å². The Morgan fingerprint density at radius 1 is 1.16 bits per heavy atom. The number of carboxylic acids is 1. The number of rotatable bonds is 4. The van der Waals surface area contributed by atoms with E-state index in [2.05, 4.69) is 45.1 Å². The maximum Gasteiger partial charge on any atom is 0.337 e. The van der Waals surface area contributed by atoms with Crippen molar-refractivity contribution in [3.63, 3.8) is 0 Å². The van der Waals surface area contributed by atoms with E-state index < -0.39 is 5.97 Å². The summed E-state index contributed by atoms with van der Waals surface area (Å²) in [4.78, 5) is 13.8. The molecule has 0 amide bonds. The Morgan fingerprint density at radius 2 is 1.80 bits per heavy atom. The summed E-state index contributed by atoms with van der Waals surface area (Å²) in [5.74, 6) is -0.673. The Kier molecular flexibility index (Phi) is 6.87. The lowest BCUT2D eigenvalue weighted by atomic mass is 9.87. The van der Waals surface area contributed by atoms with Crippen molar-refractivity contribution < 1.29 is 9.90 Å². The lowest BCUT2D eigenvalue weighted by Gasteiger charge is -2.33. The van der Waals surface area contributed by atoms with E-state index in [-0.39, 0.29) is 18.0 Å². The molecule has 0 saturated carbocycles. The number of likely N-dealkylation sites (tertiary alicyclic amines) is 1. The van der Waals surface area contributed by atoms with Gasteiger partial charge in [-0.2, -0.15) is 0 Å². The van der Waals surface area contributed by atoms with Crippen LogP contribution in [0, 0.1) is 0 Å². The molecular weight excluding hydrogens is 404 g/mol. The quantitative estimate of drug-likeness (QED) is 0.706. The van der Waals surface area contributed by atoms with Gasteiger partial charge in [0.15, 0.2) is 0 Å². The molecule has 0 atom stereocenters. The SMILES string of the molecule is Cl.Nc1c(C(=O)O)ccc(Br)c1C1CCN(Cc2ccccc2)CC1. The minimum Gasteiger partial charge on any atom is -0.478 e. The van der Waals surface area contributed by atoms with Gasteiger partial charge < -0.3 is 10.8 Å². The van der Waals surface area contributed by atoms with Gasteiger partial charge in [0.1, 0.15) is 0 Å². The Labute approximate surface area is 162 Å². The van der Waals surface area contributed by atoms with Gasteiger partial charge in [-0.15, -0.1) is 12.4 Å². The van der Waals surface area contributed by atoms with Crippen molar-refractivity contribution in [3.05, 3.63) is 63.6 Å². The second-order valence-electron chi connectivity index (χ2n) is 6.26. The van der Waals surface area contributed by atoms with Crippen molar-refractivity contribution in [2.45, 2.75) is 25.3 Å². The molecule has 6 heteroatoms. The summed E-state index contributed by atoms with van der Waals surface area (Å²) < 4.78 is 0.909. The zero-order valence-corrected chi connectivity index (χ0v) is 16.2. The molecule has 1 saturated heterocycles. The number of benzene rings is 2. The number of piperidine rings is 1. The molecule has 134 valence electrons. The van der Waals surface area contributed by atoms with Crippen LogP contribution in [0.2, 0.25) is 0 Å². The normalized spacial score (nSPS) is 15.6. The van der Waals surface area contributed by atoms with Crippen molar-refractivity contribution in [1.29, 1.82) is 0 Å². The number of hydrogen-bond acceptors (Lipinski definition) is 3. The molecule has 0 bridgehead atoms. The molecule has 0 spiro atoms. The van der Waals surface area contributed by atoms with Gasteiger partial charge in [-0.25, -0.2) is 4.79 Å². The van der Waals surface area contributed by atoms with E-state index >= 15 is 0 Å². The molecule has 1 aliphatic rings. The van der Waals surface area contributed by atoms with Crippen molar-refractivity contribution in [2.75, 3.05) is 18.8 Å². The molecule has 2 aromatic rings. The molecule has 3 N–H and O–H groups in total. The van der Waals surface area contributed by atoms with E-state index in [1.54, 1.807) is 12.1 Å². The molecule has 0 aromatic heterocycles. The average Bonchev–Trinajstić information content (AvgIpc) is 2.57. The number of anilines is 1. The fourth-order valence-corrected chi connectivity index (χ4v) is 4.10. The summed E-state index contributed by atoms with van der Waals surface area (Å²) >= 11 is 3.55. The van der Waals surface area contributed by atoms with Gasteiger partial charge in [-0.1, -0.05) is 46.3 Å². The first-order chi connectivity index (χ1) is 11.6. The predicted molar refractivity (Wildman–Crippen MR) is 106 cm³/mol. The standard InChI is InChI=1S/C19H21BrN2O2.ClH/c20-16-7-6-15(19(23)24)18(21)17(16)14-8-10-22(11-9-14)12-13-4-2-1-3-5-13;/h1-7,14H,8-12,21H2,(H,23,24);1H. The summed E-state index contributed by atoms with van der Waals surface area (Å²) in [6, 6.07) is 13.8. The summed E-state index contributed by atoms with van der Waals surface area (Å²) in [5, 5.41) is 9.28. The molecule has 3 rings (SSSR count). The van der Waals surface area contributed by atoms with E-state index in [9.17, 15) is 9.90 Å². The zero-order valence-electron chi connectivity index (χ0n) is 13.8. The van der Waals surface area contributed by atoms with Gasteiger partial charge in [0.05, 0.1) is 11.3 Å². The van der Waals surface area contributed by atoms with Gasteiger partial charge in [0.25, 0.3) is 0 Å². The van der Waals surface area contributed by atoms with E-state index in [0.29, 0.717) is 11.6 Å². The summed E-state index contributed by atoms with van der Waals surface area (Å²) in [5.41, 5.74) is 9.02. The van der Waals surface area contributed by atoms with Crippen LogP contribution in [-0.2, 0) is 6.54 Å². The van der Waals surface area contributed by atoms with Crippen LogP contribution in [0.1, 0.15) is 40.2 Å². The van der Waals surface area contributed by atoms with Crippen molar-refractivity contribution >= 4 is 40.0 Å². The minimum absolute atomic E-state index is 0. The highest BCUT2D eigenvalue weighted by molar-refractivity contribution is 9.10. The molecule has 4 nitrogen and oxygen atoms in total. The van der Waals surface area contributed by atoms with Crippen LogP contribution >= 0.6 is 28.3 Å². The summed E-state index contributed by atoms with van der Waals surface area (Å²) in [7, 11) is 0. The van der Waals surface area contributed by atoms with Gasteiger partial charge in [0.2, 0.25) is 0 Å². The number of hydrogen-bond donors (Lipinski definition) is 2. The number of halogens is 2. The van der Waals surface area contributed by atoms with Crippen LogP contribution in [-0.4, -0.2) is 29.1 Å². The number of carboxylic acid groups (broad SMARTS) is 1. The lowest BCUT2D eigenvalue weighted by Crippen LogP contribution is -2.32. The first-order valence-electron chi connectivity index (χ1n) is 8.13. The monoisotopic (exact) mass is 424 g/mol. The molecule has 2 aromatic carbocycles. The highest BCUT2D eigenvalue weighted by atomic mass is 79.9. The van der Waals surface area contributed by atoms with Crippen LogP contribution in [0.25, 0.3) is 0 Å². The Balaban J connectivity index is 0.00000225. The van der Waals surface area contributed by atoms with Crippen LogP contribution < -0.4 is 5.73 Å². The first-order valence-corrected chi connectivity index (χ1v) is 8.93. The molecular formula is C19H22BrClN2O2. The zero-order chi connectivity index (χ0) is 17.1. The topological polar surface area (TPSA) is 66.6 Å². The van der Waals surface area contributed by atoms with Gasteiger partial charge in [-0.05, 0) is 55.1 Å². The van der Waals surface area contributed by atoms with Crippen molar-refractivity contribution in [2.24, 2.45) is 0 Å². The molecule has 0 aliphatic carbocycles. The largest absolute Gasteiger partial charge is 0.478 e. The summed E-state index contributed by atoms with van der Waals surface area (Å²) in [6.07, 6.45) is 1.97. The summed E-state index contributed by atoms with van der Waals surface area (Å²) in [6.45, 7) is 2.94. The van der Waals surface area contributed by atoms with Crippen LogP contribution in [0.3, 0.4) is 0 Å². The maximum atomic E-state index is 11.3.